The van der Waals surface area contributed by atoms with E-state index < -0.39 is 31.5 Å². The molecule has 2 rings (SSSR count). The Morgan fingerprint density at radius 1 is 1.48 bits per heavy atom. The number of rotatable bonds is 4. The molecule has 8 nitrogen and oxygen atoms in total. The normalized spacial score (nSPS) is 11.4. The second-order valence-electron chi connectivity index (χ2n) is 3.98. The van der Waals surface area contributed by atoms with Crippen LogP contribution in [-0.4, -0.2) is 22.9 Å². The molecule has 0 bridgehead atoms. The van der Waals surface area contributed by atoms with Crippen LogP contribution in [-0.2, 0) is 17.1 Å². The van der Waals surface area contributed by atoms with Gasteiger partial charge in [-0.05, 0) is 12.1 Å². The van der Waals surface area contributed by atoms with Gasteiger partial charge in [0, 0.05) is 7.05 Å². The molecule has 2 aromatic rings. The van der Waals surface area contributed by atoms with Gasteiger partial charge in [-0.15, -0.1) is 0 Å². The predicted octanol–water partition coefficient (Wildman–Crippen LogP) is 1.92. The first-order valence-electron chi connectivity index (χ1n) is 5.36. The van der Waals surface area contributed by atoms with Crippen LogP contribution in [0, 0.1) is 15.9 Å². The highest BCUT2D eigenvalue weighted by molar-refractivity contribution is 7.92. The van der Waals surface area contributed by atoms with Crippen LogP contribution in [0.3, 0.4) is 0 Å². The van der Waals surface area contributed by atoms with Crippen LogP contribution in [0.15, 0.2) is 29.6 Å². The van der Waals surface area contributed by atoms with Crippen molar-refractivity contribution in [3.8, 4) is 0 Å². The molecule has 0 radical (unpaired) electrons. The average Bonchev–Trinajstić information content (AvgIpc) is 2.72. The van der Waals surface area contributed by atoms with Crippen LogP contribution in [0.2, 0.25) is 5.15 Å². The maximum Gasteiger partial charge on any atom is 0.296 e. The predicted molar refractivity (Wildman–Crippen MR) is 72.1 cm³/mol. The van der Waals surface area contributed by atoms with Gasteiger partial charge in [0.15, 0.2) is 0 Å². The number of imidazole rings is 1. The molecule has 0 aliphatic heterocycles. The number of nitro groups is 1. The zero-order valence-corrected chi connectivity index (χ0v) is 12.0. The SMILES string of the molecule is Cn1cnc(S(=O)(=O)Nc2ccc(F)cc2[N+](=O)[O-])c1Cl. The third-order valence-corrected chi connectivity index (χ3v) is 4.34. The Hall–Kier alpha value is -2.20. The van der Waals surface area contributed by atoms with Gasteiger partial charge in [0.2, 0.25) is 5.03 Å². The molecule has 0 unspecified atom stereocenters. The third-order valence-electron chi connectivity index (χ3n) is 2.49. The number of halogens is 2. The summed E-state index contributed by atoms with van der Waals surface area (Å²) in [4.78, 5) is 13.5. The summed E-state index contributed by atoms with van der Waals surface area (Å²) in [5.74, 6) is -0.861. The van der Waals surface area contributed by atoms with Gasteiger partial charge >= 0.3 is 0 Å². The largest absolute Gasteiger partial charge is 0.324 e. The number of aryl methyl sites for hydroxylation is 1. The standard InChI is InChI=1S/C10H8ClFN4O4S/c1-15-5-13-10(9(15)11)21(19,20)14-7-3-2-6(12)4-8(7)16(17)18/h2-5,14H,1H3. The Morgan fingerprint density at radius 3 is 2.67 bits per heavy atom. The van der Waals surface area contributed by atoms with Crippen molar-refractivity contribution in [2.45, 2.75) is 5.03 Å². The van der Waals surface area contributed by atoms with E-state index in [0.29, 0.717) is 6.07 Å². The number of hydrogen-bond acceptors (Lipinski definition) is 5. The fourth-order valence-corrected chi connectivity index (χ4v) is 3.02. The summed E-state index contributed by atoms with van der Waals surface area (Å²) in [5.41, 5.74) is -1.10. The van der Waals surface area contributed by atoms with Crippen LogP contribution in [0.25, 0.3) is 0 Å². The monoisotopic (exact) mass is 334 g/mol. The minimum absolute atomic E-state index is 0.160. The van der Waals surface area contributed by atoms with E-state index in [1.54, 1.807) is 0 Å². The number of benzene rings is 1. The molecule has 0 aliphatic rings. The van der Waals surface area contributed by atoms with Gasteiger partial charge in [0.1, 0.15) is 16.7 Å². The van der Waals surface area contributed by atoms with Crippen molar-refractivity contribution in [2.24, 2.45) is 7.05 Å². The van der Waals surface area contributed by atoms with Gasteiger partial charge in [-0.2, -0.15) is 8.42 Å². The smallest absolute Gasteiger partial charge is 0.296 e. The minimum atomic E-state index is -4.23. The van der Waals surface area contributed by atoms with Crippen molar-refractivity contribution >= 4 is 33.0 Å². The lowest BCUT2D eigenvalue weighted by Crippen LogP contribution is -2.15. The van der Waals surface area contributed by atoms with E-state index in [4.69, 9.17) is 11.6 Å². The summed E-state index contributed by atoms with van der Waals surface area (Å²) in [6, 6.07) is 2.45. The van der Waals surface area contributed by atoms with Gasteiger partial charge in [-0.3, -0.25) is 14.8 Å². The number of nitrogens with zero attached hydrogens (tertiary/aromatic N) is 3. The maximum absolute atomic E-state index is 13.0. The lowest BCUT2D eigenvalue weighted by molar-refractivity contribution is -0.384. The first kappa shape index (κ1) is 15.2. The topological polar surface area (TPSA) is 107 Å². The summed E-state index contributed by atoms with van der Waals surface area (Å²) in [7, 11) is -2.75. The van der Waals surface area contributed by atoms with Crippen molar-refractivity contribution in [3.05, 3.63) is 45.6 Å². The van der Waals surface area contributed by atoms with Gasteiger partial charge in [-0.1, -0.05) is 11.6 Å². The van der Waals surface area contributed by atoms with Crippen molar-refractivity contribution < 1.29 is 17.7 Å². The molecule has 1 N–H and O–H groups in total. The molecule has 0 fully saturated rings. The van der Waals surface area contributed by atoms with Crippen molar-refractivity contribution in [2.75, 3.05) is 4.72 Å². The van der Waals surface area contributed by atoms with Gasteiger partial charge in [-0.25, -0.2) is 9.37 Å². The van der Waals surface area contributed by atoms with Crippen LogP contribution in [0.4, 0.5) is 15.8 Å². The van der Waals surface area contributed by atoms with Gasteiger partial charge < -0.3 is 4.57 Å². The first-order valence-corrected chi connectivity index (χ1v) is 7.22. The molecule has 21 heavy (non-hydrogen) atoms. The molecule has 0 spiro atoms. The average molecular weight is 335 g/mol. The summed E-state index contributed by atoms with van der Waals surface area (Å²) in [5, 5.41) is 10.2. The van der Waals surface area contributed by atoms with Crippen LogP contribution >= 0.6 is 11.6 Å². The zero-order chi connectivity index (χ0) is 15.8. The fraction of sp³-hybridized carbons (Fsp3) is 0.100. The number of hydrogen-bond donors (Lipinski definition) is 1. The van der Waals surface area contributed by atoms with E-state index in [1.807, 2.05) is 4.72 Å². The highest BCUT2D eigenvalue weighted by Crippen LogP contribution is 2.28. The molecular formula is C10H8ClFN4O4S. The molecule has 0 saturated heterocycles. The van der Waals surface area contributed by atoms with Gasteiger partial charge in [0.05, 0.1) is 17.3 Å². The molecule has 1 aromatic carbocycles. The Labute approximate surface area is 123 Å². The van der Waals surface area contributed by atoms with E-state index in [0.717, 1.165) is 12.1 Å². The van der Waals surface area contributed by atoms with E-state index >= 15 is 0 Å². The maximum atomic E-state index is 13.0. The van der Waals surface area contributed by atoms with Crippen LogP contribution < -0.4 is 4.72 Å². The van der Waals surface area contributed by atoms with Gasteiger partial charge in [0.25, 0.3) is 15.7 Å². The molecule has 0 amide bonds. The minimum Gasteiger partial charge on any atom is -0.324 e. The third kappa shape index (κ3) is 2.95. The van der Waals surface area contributed by atoms with Crippen LogP contribution in [0.1, 0.15) is 0 Å². The van der Waals surface area contributed by atoms with Crippen molar-refractivity contribution in [1.82, 2.24) is 9.55 Å². The summed E-state index contributed by atoms with van der Waals surface area (Å²) >= 11 is 5.77. The number of aromatic nitrogens is 2. The molecule has 1 heterocycles. The lowest BCUT2D eigenvalue weighted by atomic mass is 10.3. The lowest BCUT2D eigenvalue weighted by Gasteiger charge is -2.07. The Balaban J connectivity index is 2.47. The Kier molecular flexibility index (Phi) is 3.83. The molecule has 0 aliphatic carbocycles. The number of anilines is 1. The molecule has 1 aromatic heterocycles. The van der Waals surface area contributed by atoms with E-state index in [-0.39, 0.29) is 10.8 Å². The highest BCUT2D eigenvalue weighted by atomic mass is 35.5. The van der Waals surface area contributed by atoms with E-state index in [1.165, 1.54) is 17.9 Å². The number of nitrogens with one attached hydrogen (secondary N) is 1. The molecule has 0 saturated carbocycles. The Bertz CT molecular complexity index is 820. The van der Waals surface area contributed by atoms with Crippen molar-refractivity contribution in [3.63, 3.8) is 0 Å². The van der Waals surface area contributed by atoms with E-state index in [2.05, 4.69) is 4.98 Å². The zero-order valence-electron chi connectivity index (χ0n) is 10.4. The first-order chi connectivity index (χ1) is 9.72. The summed E-state index contributed by atoms with van der Waals surface area (Å²) in [6.45, 7) is 0. The summed E-state index contributed by atoms with van der Waals surface area (Å²) in [6.07, 6.45) is 1.18. The molecular weight excluding hydrogens is 327 g/mol. The van der Waals surface area contributed by atoms with Crippen LogP contribution in [0.5, 0.6) is 0 Å². The van der Waals surface area contributed by atoms with Crippen molar-refractivity contribution in [1.29, 1.82) is 0 Å². The second kappa shape index (κ2) is 5.30. The summed E-state index contributed by atoms with van der Waals surface area (Å²) < 4.78 is 40.5. The fourth-order valence-electron chi connectivity index (χ4n) is 1.51. The number of sulfonamides is 1. The Morgan fingerprint density at radius 2 is 2.14 bits per heavy atom. The number of nitro benzene ring substituents is 1. The molecule has 0 atom stereocenters. The highest BCUT2D eigenvalue weighted by Gasteiger charge is 2.26. The molecule has 11 heteroatoms. The van der Waals surface area contributed by atoms with E-state index in [9.17, 15) is 22.9 Å². The second-order valence-corrected chi connectivity index (χ2v) is 5.93. The quantitative estimate of drug-likeness (QED) is 0.679. The molecule has 112 valence electrons.